The highest BCUT2D eigenvalue weighted by atomic mass is 16.6. The van der Waals surface area contributed by atoms with Crippen LogP contribution in [0.4, 0.5) is 0 Å². The lowest BCUT2D eigenvalue weighted by Crippen LogP contribution is -2.55. The summed E-state index contributed by atoms with van der Waals surface area (Å²) >= 11 is 0. The predicted molar refractivity (Wildman–Crippen MR) is 189 cm³/mol. The van der Waals surface area contributed by atoms with Gasteiger partial charge in [0.2, 0.25) is 5.91 Å². The smallest absolute Gasteiger partial charge is 0.316 e. The Kier molecular flexibility index (Phi) is 12.9. The van der Waals surface area contributed by atoms with Crippen molar-refractivity contribution in [3.63, 3.8) is 0 Å². The lowest BCUT2D eigenvalue weighted by atomic mass is 9.97. The van der Waals surface area contributed by atoms with E-state index in [9.17, 15) is 24.3 Å². The second-order valence-corrected chi connectivity index (χ2v) is 15.0. The fourth-order valence-corrected chi connectivity index (χ4v) is 4.55. The molecular weight excluding hydrogens is 622 g/mol. The van der Waals surface area contributed by atoms with Gasteiger partial charge in [0, 0.05) is 37.7 Å². The van der Waals surface area contributed by atoms with Crippen LogP contribution in [0.3, 0.4) is 0 Å². The number of amides is 2. The van der Waals surface area contributed by atoms with Crippen molar-refractivity contribution in [2.75, 3.05) is 20.1 Å². The maximum atomic E-state index is 13.6. The van der Waals surface area contributed by atoms with E-state index in [2.05, 4.69) is 10.6 Å². The number of carbonyl (C=O) groups excluding carboxylic acids is 4. The first-order chi connectivity index (χ1) is 22.8. The number of aliphatic hydroxyl groups is 1. The summed E-state index contributed by atoms with van der Waals surface area (Å²) in [5.41, 5.74) is -0.433. The van der Waals surface area contributed by atoms with E-state index in [1.807, 2.05) is 50.2 Å². The van der Waals surface area contributed by atoms with E-state index in [0.29, 0.717) is 17.5 Å². The zero-order valence-electron chi connectivity index (χ0n) is 30.1. The highest BCUT2D eigenvalue weighted by Gasteiger charge is 2.31. The standard InChI is InChI=1S/C39H51N3O7/c1-37(2,3)35(46)48-31-21-20-28(23-32(31)49-36(47)38(4,5)6)30(43)24-41-39(7,8)25-40-33(44)29(22-26-16-12-10-13-17-26)42(9)34(45)27-18-14-11-15-19-27/h10-21,23,29-30,41,43H,22,24-25H2,1-9H3,(H,40,44). The van der Waals surface area contributed by atoms with Crippen LogP contribution in [-0.2, 0) is 20.8 Å². The third-order valence-electron chi connectivity index (χ3n) is 7.84. The number of hydrogen-bond acceptors (Lipinski definition) is 8. The molecule has 10 heteroatoms. The highest BCUT2D eigenvalue weighted by Crippen LogP contribution is 2.34. The van der Waals surface area contributed by atoms with Crippen LogP contribution in [0.5, 0.6) is 11.5 Å². The Hall–Kier alpha value is -4.54. The number of nitrogens with zero attached hydrogens (tertiary/aromatic N) is 1. The van der Waals surface area contributed by atoms with Gasteiger partial charge in [0.25, 0.3) is 5.91 Å². The summed E-state index contributed by atoms with van der Waals surface area (Å²) < 4.78 is 11.2. The second kappa shape index (κ2) is 16.2. The van der Waals surface area contributed by atoms with Gasteiger partial charge in [-0.2, -0.15) is 0 Å². The molecule has 0 aliphatic heterocycles. The highest BCUT2D eigenvalue weighted by molar-refractivity contribution is 5.97. The normalized spacial score (nSPS) is 13.2. The van der Waals surface area contributed by atoms with Crippen LogP contribution in [-0.4, -0.2) is 65.5 Å². The topological polar surface area (TPSA) is 134 Å². The summed E-state index contributed by atoms with van der Waals surface area (Å²) in [5.74, 6) is -1.49. The fraction of sp³-hybridized carbons (Fsp3) is 0.436. The Morgan fingerprint density at radius 2 is 1.29 bits per heavy atom. The Labute approximate surface area is 290 Å². The van der Waals surface area contributed by atoms with Gasteiger partial charge in [-0.15, -0.1) is 0 Å². The maximum absolute atomic E-state index is 13.6. The van der Waals surface area contributed by atoms with Gasteiger partial charge in [0.1, 0.15) is 6.04 Å². The maximum Gasteiger partial charge on any atom is 0.316 e. The Morgan fingerprint density at radius 1 is 0.755 bits per heavy atom. The number of β-amino-alcohol motifs (C(OH)–C–C–N with tert-alkyl or cyclic N) is 1. The summed E-state index contributed by atoms with van der Waals surface area (Å²) in [6.45, 7) is 14.4. The molecule has 3 aromatic rings. The zero-order chi connectivity index (χ0) is 36.6. The minimum atomic E-state index is -1.03. The van der Waals surface area contributed by atoms with E-state index in [0.717, 1.165) is 5.56 Å². The van der Waals surface area contributed by atoms with E-state index in [1.165, 1.54) is 17.0 Å². The van der Waals surface area contributed by atoms with Crippen molar-refractivity contribution in [2.24, 2.45) is 10.8 Å². The quantitative estimate of drug-likeness (QED) is 0.160. The lowest BCUT2D eigenvalue weighted by molar-refractivity contribution is -0.145. The molecule has 10 nitrogen and oxygen atoms in total. The van der Waals surface area contributed by atoms with Crippen molar-refractivity contribution < 1.29 is 33.8 Å². The van der Waals surface area contributed by atoms with Crippen LogP contribution < -0.4 is 20.1 Å². The van der Waals surface area contributed by atoms with Crippen molar-refractivity contribution in [3.8, 4) is 11.5 Å². The summed E-state index contributed by atoms with van der Waals surface area (Å²) in [6, 6.07) is 22.2. The molecule has 0 spiro atoms. The number of esters is 2. The third kappa shape index (κ3) is 11.5. The van der Waals surface area contributed by atoms with Crippen molar-refractivity contribution in [1.29, 1.82) is 0 Å². The molecule has 0 saturated heterocycles. The monoisotopic (exact) mass is 673 g/mol. The second-order valence-electron chi connectivity index (χ2n) is 15.0. The molecule has 3 rings (SSSR count). The van der Waals surface area contributed by atoms with Gasteiger partial charge in [-0.25, -0.2) is 0 Å². The summed E-state index contributed by atoms with van der Waals surface area (Å²) in [4.78, 5) is 53.8. The van der Waals surface area contributed by atoms with Crippen LogP contribution in [0, 0.1) is 10.8 Å². The number of ether oxygens (including phenoxy) is 2. The van der Waals surface area contributed by atoms with Crippen molar-refractivity contribution >= 4 is 23.8 Å². The number of rotatable bonds is 13. The van der Waals surface area contributed by atoms with E-state index < -0.39 is 40.5 Å². The van der Waals surface area contributed by atoms with Crippen LogP contribution in [0.25, 0.3) is 0 Å². The lowest BCUT2D eigenvalue weighted by Gasteiger charge is -2.31. The molecule has 0 radical (unpaired) electrons. The molecular formula is C39H51N3O7. The summed E-state index contributed by atoms with van der Waals surface area (Å²) in [7, 11) is 1.63. The molecule has 3 aromatic carbocycles. The molecule has 0 bridgehead atoms. The molecule has 0 aliphatic rings. The van der Waals surface area contributed by atoms with Gasteiger partial charge < -0.3 is 30.1 Å². The van der Waals surface area contributed by atoms with Gasteiger partial charge >= 0.3 is 11.9 Å². The van der Waals surface area contributed by atoms with E-state index in [-0.39, 0.29) is 36.4 Å². The molecule has 0 aliphatic carbocycles. The van der Waals surface area contributed by atoms with Gasteiger partial charge in [-0.05, 0) is 90.8 Å². The number of benzene rings is 3. The zero-order valence-corrected chi connectivity index (χ0v) is 30.1. The van der Waals surface area contributed by atoms with E-state index >= 15 is 0 Å². The van der Waals surface area contributed by atoms with Gasteiger partial charge in [0.15, 0.2) is 11.5 Å². The molecule has 3 N–H and O–H groups in total. The molecule has 0 heterocycles. The largest absolute Gasteiger partial charge is 0.422 e. The molecule has 2 atom stereocenters. The molecule has 49 heavy (non-hydrogen) atoms. The average Bonchev–Trinajstić information content (AvgIpc) is 3.05. The van der Waals surface area contributed by atoms with Crippen LogP contribution in [0.15, 0.2) is 78.9 Å². The first kappa shape index (κ1) is 38.9. The Balaban J connectivity index is 1.71. The number of likely N-dealkylation sites (N-methyl/N-ethyl adjacent to an activating group) is 1. The Bertz CT molecular complexity index is 1590. The van der Waals surface area contributed by atoms with E-state index in [4.69, 9.17) is 9.47 Å². The van der Waals surface area contributed by atoms with E-state index in [1.54, 1.807) is 78.9 Å². The summed E-state index contributed by atoms with van der Waals surface area (Å²) in [5, 5.41) is 17.4. The number of hydrogen-bond donors (Lipinski definition) is 3. The molecule has 0 aromatic heterocycles. The predicted octanol–water partition coefficient (Wildman–Crippen LogP) is 5.49. The minimum Gasteiger partial charge on any atom is -0.422 e. The van der Waals surface area contributed by atoms with Crippen LogP contribution in [0.2, 0.25) is 0 Å². The molecule has 2 amide bonds. The molecule has 0 saturated carbocycles. The average molecular weight is 674 g/mol. The molecule has 0 fully saturated rings. The number of aliphatic hydroxyl groups excluding tert-OH is 1. The first-order valence-electron chi connectivity index (χ1n) is 16.4. The summed E-state index contributed by atoms with van der Waals surface area (Å²) in [6.07, 6.45) is -0.702. The van der Waals surface area contributed by atoms with Crippen LogP contribution >= 0.6 is 0 Å². The first-order valence-corrected chi connectivity index (χ1v) is 16.4. The molecule has 264 valence electrons. The van der Waals surface area contributed by atoms with Crippen LogP contribution in [0.1, 0.15) is 83.0 Å². The third-order valence-corrected chi connectivity index (χ3v) is 7.84. The fourth-order valence-electron chi connectivity index (χ4n) is 4.55. The SMILES string of the molecule is CN(C(=O)c1ccccc1)C(Cc1ccccc1)C(=O)NCC(C)(C)NCC(O)c1ccc(OC(=O)C(C)(C)C)c(OC(=O)C(C)(C)C)c1. The van der Waals surface area contributed by atoms with Crippen molar-refractivity contribution in [2.45, 2.75) is 79.5 Å². The van der Waals surface area contributed by atoms with Gasteiger partial charge in [-0.1, -0.05) is 54.6 Å². The Morgan fingerprint density at radius 3 is 1.84 bits per heavy atom. The molecule has 2 unspecified atom stereocenters. The number of nitrogens with one attached hydrogen (secondary N) is 2. The number of carbonyl (C=O) groups is 4. The van der Waals surface area contributed by atoms with Gasteiger partial charge in [-0.3, -0.25) is 19.2 Å². The van der Waals surface area contributed by atoms with Crippen molar-refractivity contribution in [3.05, 3.63) is 95.6 Å². The van der Waals surface area contributed by atoms with Crippen molar-refractivity contribution in [1.82, 2.24) is 15.5 Å². The van der Waals surface area contributed by atoms with Gasteiger partial charge in [0.05, 0.1) is 16.9 Å². The minimum absolute atomic E-state index is 0.0271.